The van der Waals surface area contributed by atoms with E-state index in [2.05, 4.69) is 10.3 Å². The number of hydrogen-bond acceptors (Lipinski definition) is 4. The number of nitrogens with zero attached hydrogens (tertiary/aromatic N) is 2. The summed E-state index contributed by atoms with van der Waals surface area (Å²) in [7, 11) is -1.45. The summed E-state index contributed by atoms with van der Waals surface area (Å²) in [6.07, 6.45) is -0.282. The maximum absolute atomic E-state index is 13.6. The van der Waals surface area contributed by atoms with Crippen LogP contribution in [-0.4, -0.2) is 62.6 Å². The fourth-order valence-corrected chi connectivity index (χ4v) is 4.06. The highest BCUT2D eigenvalue weighted by atomic mass is 127. The molecular formula is C17H27FIN3O3S. The van der Waals surface area contributed by atoms with Crippen molar-refractivity contribution in [3.63, 3.8) is 0 Å². The lowest BCUT2D eigenvalue weighted by Crippen LogP contribution is -2.57. The lowest BCUT2D eigenvalue weighted by Gasteiger charge is -2.39. The summed E-state index contributed by atoms with van der Waals surface area (Å²) in [6.45, 7) is 6.48. The van der Waals surface area contributed by atoms with Crippen molar-refractivity contribution in [2.75, 3.05) is 32.4 Å². The van der Waals surface area contributed by atoms with Crippen LogP contribution in [0.5, 0.6) is 5.75 Å². The van der Waals surface area contributed by atoms with Crippen LogP contribution in [0.25, 0.3) is 0 Å². The highest BCUT2D eigenvalue weighted by molar-refractivity contribution is 14.0. The minimum atomic E-state index is -3.10. The molecule has 148 valence electrons. The van der Waals surface area contributed by atoms with Crippen LogP contribution in [0.2, 0.25) is 0 Å². The Bertz CT molecular complexity index is 741. The van der Waals surface area contributed by atoms with E-state index in [9.17, 15) is 12.8 Å². The predicted molar refractivity (Wildman–Crippen MR) is 113 cm³/mol. The van der Waals surface area contributed by atoms with E-state index in [-0.39, 0.29) is 41.6 Å². The lowest BCUT2D eigenvalue weighted by molar-refractivity contribution is 0.212. The number of para-hydroxylation sites is 1. The molecule has 0 bridgehead atoms. The van der Waals surface area contributed by atoms with Crippen LogP contribution in [0.4, 0.5) is 4.39 Å². The number of ether oxygens (including phenoxy) is 1. The summed E-state index contributed by atoms with van der Waals surface area (Å²) in [5.41, 5.74) is 0. The highest BCUT2D eigenvalue weighted by Crippen LogP contribution is 2.23. The quantitative estimate of drug-likeness (QED) is 0.391. The van der Waals surface area contributed by atoms with Gasteiger partial charge < -0.3 is 15.0 Å². The third-order valence-corrected chi connectivity index (χ3v) is 6.80. The maximum atomic E-state index is 13.6. The van der Waals surface area contributed by atoms with Crippen molar-refractivity contribution in [1.82, 2.24) is 10.2 Å². The number of nitrogens with one attached hydrogen (secondary N) is 1. The average Bonchev–Trinajstić information content (AvgIpc) is 2.53. The van der Waals surface area contributed by atoms with E-state index in [0.717, 1.165) is 0 Å². The molecule has 1 aliphatic rings. The molecule has 1 aromatic carbocycles. The van der Waals surface area contributed by atoms with Gasteiger partial charge in [0.25, 0.3) is 0 Å². The van der Waals surface area contributed by atoms with Gasteiger partial charge in [0.05, 0.1) is 17.0 Å². The van der Waals surface area contributed by atoms with E-state index >= 15 is 0 Å². The standard InChI is InChI=1S/C17H26FN3O3S.HI/c1-13(24-15-8-6-5-7-14(15)18)11-20-16(19-4)21-9-10-25(22,23)17(2,3)12-21;/h5-8,13H,9-12H2,1-4H3,(H,19,20);1H. The normalized spacial score (nSPS) is 20.0. The van der Waals surface area contributed by atoms with Gasteiger partial charge >= 0.3 is 0 Å². The molecule has 0 aromatic heterocycles. The van der Waals surface area contributed by atoms with Crippen LogP contribution in [0, 0.1) is 5.82 Å². The summed E-state index contributed by atoms with van der Waals surface area (Å²) < 4.78 is 42.6. The molecule has 1 atom stereocenters. The largest absolute Gasteiger partial charge is 0.486 e. The first-order chi connectivity index (χ1) is 11.7. The number of hydrogen-bond donors (Lipinski definition) is 1. The van der Waals surface area contributed by atoms with Gasteiger partial charge in [-0.3, -0.25) is 4.99 Å². The topological polar surface area (TPSA) is 71.0 Å². The van der Waals surface area contributed by atoms with E-state index in [1.54, 1.807) is 39.1 Å². The second-order valence-corrected chi connectivity index (χ2v) is 9.53. The number of guanidine groups is 1. The minimum Gasteiger partial charge on any atom is -0.486 e. The number of sulfone groups is 1. The summed E-state index contributed by atoms with van der Waals surface area (Å²) >= 11 is 0. The molecule has 2 rings (SSSR count). The molecule has 0 spiro atoms. The third kappa shape index (κ3) is 5.45. The van der Waals surface area contributed by atoms with Crippen molar-refractivity contribution in [3.05, 3.63) is 30.1 Å². The van der Waals surface area contributed by atoms with Gasteiger partial charge in [0.15, 0.2) is 27.4 Å². The second-order valence-electron chi connectivity index (χ2n) is 6.79. The monoisotopic (exact) mass is 499 g/mol. The molecule has 1 aromatic rings. The van der Waals surface area contributed by atoms with E-state index in [4.69, 9.17) is 4.74 Å². The van der Waals surface area contributed by atoms with Gasteiger partial charge in [0.1, 0.15) is 6.10 Å². The van der Waals surface area contributed by atoms with Gasteiger partial charge in [-0.2, -0.15) is 0 Å². The molecule has 0 radical (unpaired) electrons. The summed E-state index contributed by atoms with van der Waals surface area (Å²) in [5, 5.41) is 3.18. The average molecular weight is 499 g/mol. The molecule has 1 unspecified atom stereocenters. The minimum absolute atomic E-state index is 0. The number of aliphatic imine (C=N–C) groups is 1. The molecule has 1 fully saturated rings. The van der Waals surface area contributed by atoms with Crippen LogP contribution in [-0.2, 0) is 9.84 Å². The molecule has 1 aliphatic heterocycles. The zero-order valence-electron chi connectivity index (χ0n) is 15.5. The van der Waals surface area contributed by atoms with Gasteiger partial charge in [-0.25, -0.2) is 12.8 Å². The first kappa shape index (κ1) is 22.9. The molecule has 9 heteroatoms. The Morgan fingerprint density at radius 3 is 2.65 bits per heavy atom. The Morgan fingerprint density at radius 1 is 1.42 bits per heavy atom. The van der Waals surface area contributed by atoms with Gasteiger partial charge in [-0.1, -0.05) is 12.1 Å². The fourth-order valence-electron chi connectivity index (χ4n) is 2.69. The Morgan fingerprint density at radius 2 is 2.08 bits per heavy atom. The van der Waals surface area contributed by atoms with Crippen molar-refractivity contribution in [2.45, 2.75) is 31.6 Å². The zero-order chi connectivity index (χ0) is 18.7. The van der Waals surface area contributed by atoms with E-state index < -0.39 is 20.4 Å². The second kappa shape index (κ2) is 9.20. The first-order valence-electron chi connectivity index (χ1n) is 8.25. The maximum Gasteiger partial charge on any atom is 0.193 e. The van der Waals surface area contributed by atoms with Crippen LogP contribution in [0.15, 0.2) is 29.3 Å². The van der Waals surface area contributed by atoms with Crippen LogP contribution >= 0.6 is 24.0 Å². The highest BCUT2D eigenvalue weighted by Gasteiger charge is 2.40. The van der Waals surface area contributed by atoms with Crippen molar-refractivity contribution in [3.8, 4) is 5.75 Å². The molecule has 0 amide bonds. The van der Waals surface area contributed by atoms with E-state index in [1.807, 2.05) is 11.8 Å². The van der Waals surface area contributed by atoms with Gasteiger partial charge in [0.2, 0.25) is 0 Å². The first-order valence-corrected chi connectivity index (χ1v) is 9.90. The molecule has 1 N–H and O–H groups in total. The van der Waals surface area contributed by atoms with E-state index in [1.165, 1.54) is 6.07 Å². The summed E-state index contributed by atoms with van der Waals surface area (Å²) in [4.78, 5) is 6.16. The summed E-state index contributed by atoms with van der Waals surface area (Å²) in [6, 6.07) is 6.26. The van der Waals surface area contributed by atoms with Crippen LogP contribution in [0.1, 0.15) is 20.8 Å². The van der Waals surface area contributed by atoms with Crippen LogP contribution in [0.3, 0.4) is 0 Å². The molecule has 26 heavy (non-hydrogen) atoms. The Labute approximate surface area is 172 Å². The summed E-state index contributed by atoms with van der Waals surface area (Å²) in [5.74, 6) is 0.521. The molecule has 6 nitrogen and oxygen atoms in total. The van der Waals surface area contributed by atoms with Crippen LogP contribution < -0.4 is 10.1 Å². The van der Waals surface area contributed by atoms with Gasteiger partial charge in [-0.05, 0) is 32.9 Å². The molecule has 1 heterocycles. The molecule has 0 saturated carbocycles. The Kier molecular flexibility index (Phi) is 8.12. The lowest BCUT2D eigenvalue weighted by atomic mass is 10.2. The van der Waals surface area contributed by atoms with Crippen molar-refractivity contribution < 1.29 is 17.5 Å². The molecule has 0 aliphatic carbocycles. The zero-order valence-corrected chi connectivity index (χ0v) is 18.7. The third-order valence-electron chi connectivity index (χ3n) is 4.27. The van der Waals surface area contributed by atoms with Gasteiger partial charge in [0, 0.05) is 20.1 Å². The molecule has 1 saturated heterocycles. The predicted octanol–water partition coefficient (Wildman–Crippen LogP) is 2.30. The van der Waals surface area contributed by atoms with Crippen molar-refractivity contribution in [1.29, 1.82) is 0 Å². The number of benzene rings is 1. The van der Waals surface area contributed by atoms with Crippen molar-refractivity contribution in [2.24, 2.45) is 4.99 Å². The number of rotatable bonds is 4. The number of halogens is 2. The van der Waals surface area contributed by atoms with Gasteiger partial charge in [-0.15, -0.1) is 24.0 Å². The Hall–Kier alpha value is -1.10. The van der Waals surface area contributed by atoms with Crippen molar-refractivity contribution >= 4 is 39.8 Å². The smallest absolute Gasteiger partial charge is 0.193 e. The molecular weight excluding hydrogens is 472 g/mol. The Balaban J connectivity index is 0.00000338. The van der Waals surface area contributed by atoms with E-state index in [0.29, 0.717) is 25.6 Å². The SMILES string of the molecule is CN=C(NCC(C)Oc1ccccc1F)N1CCS(=O)(=O)C(C)(C)C1.I. The fraction of sp³-hybridized carbons (Fsp3) is 0.588.